The molecule has 0 unspecified atom stereocenters. The standard InChI is InChI=1S/C11H13N5O/c1-7-10-14-15-11(16(10)6-5-12-7)8-3-2-4-9(17)13-8/h2-4,7,12H,5-6H2,1H3,(H,13,17)/t7-/m0/s1. The van der Waals surface area contributed by atoms with E-state index in [1.807, 2.05) is 10.6 Å². The first-order chi connectivity index (χ1) is 8.25. The maximum Gasteiger partial charge on any atom is 0.248 e. The number of rotatable bonds is 1. The minimum atomic E-state index is -0.123. The molecule has 0 saturated heterocycles. The fourth-order valence-electron chi connectivity index (χ4n) is 2.12. The number of hydrogen-bond acceptors (Lipinski definition) is 4. The Kier molecular flexibility index (Phi) is 2.29. The van der Waals surface area contributed by atoms with Gasteiger partial charge in [-0.25, -0.2) is 0 Å². The van der Waals surface area contributed by atoms with Crippen LogP contribution in [0.15, 0.2) is 23.0 Å². The molecule has 0 aromatic carbocycles. The van der Waals surface area contributed by atoms with Crippen LogP contribution in [0, 0.1) is 0 Å². The highest BCUT2D eigenvalue weighted by atomic mass is 16.1. The second-order valence-corrected chi connectivity index (χ2v) is 4.14. The zero-order chi connectivity index (χ0) is 11.8. The topological polar surface area (TPSA) is 75.6 Å². The summed E-state index contributed by atoms with van der Waals surface area (Å²) >= 11 is 0. The predicted octanol–water partition coefficient (Wildman–Crippen LogP) is 0.298. The average molecular weight is 231 g/mol. The van der Waals surface area contributed by atoms with Crippen molar-refractivity contribution in [3.8, 4) is 11.5 Å². The molecule has 0 saturated carbocycles. The van der Waals surface area contributed by atoms with Crippen molar-refractivity contribution in [3.05, 3.63) is 34.4 Å². The van der Waals surface area contributed by atoms with E-state index < -0.39 is 0 Å². The SMILES string of the molecule is C[C@@H]1NCCn2c(-c3cccc(=O)[nH]3)nnc21. The van der Waals surface area contributed by atoms with E-state index in [-0.39, 0.29) is 11.6 Å². The molecule has 0 spiro atoms. The van der Waals surface area contributed by atoms with Crippen molar-refractivity contribution >= 4 is 0 Å². The summed E-state index contributed by atoms with van der Waals surface area (Å²) in [5, 5.41) is 11.7. The van der Waals surface area contributed by atoms with Crippen LogP contribution in [-0.4, -0.2) is 26.3 Å². The molecule has 1 atom stereocenters. The summed E-state index contributed by atoms with van der Waals surface area (Å²) in [6, 6.07) is 5.24. The van der Waals surface area contributed by atoms with Crippen molar-refractivity contribution < 1.29 is 0 Å². The van der Waals surface area contributed by atoms with Gasteiger partial charge in [0.05, 0.1) is 11.7 Å². The van der Waals surface area contributed by atoms with Crippen molar-refractivity contribution in [2.75, 3.05) is 6.54 Å². The van der Waals surface area contributed by atoms with Gasteiger partial charge in [0.15, 0.2) is 5.82 Å². The molecule has 6 nitrogen and oxygen atoms in total. The van der Waals surface area contributed by atoms with Crippen LogP contribution < -0.4 is 10.9 Å². The number of nitrogens with zero attached hydrogens (tertiary/aromatic N) is 3. The molecule has 2 aromatic heterocycles. The maximum atomic E-state index is 11.3. The molecule has 0 fully saturated rings. The second-order valence-electron chi connectivity index (χ2n) is 4.14. The molecule has 17 heavy (non-hydrogen) atoms. The Labute approximate surface area is 97.7 Å². The van der Waals surface area contributed by atoms with Gasteiger partial charge in [0.1, 0.15) is 5.82 Å². The maximum absolute atomic E-state index is 11.3. The lowest BCUT2D eigenvalue weighted by atomic mass is 10.2. The van der Waals surface area contributed by atoms with Gasteiger partial charge in [0.25, 0.3) is 0 Å². The predicted molar refractivity (Wildman–Crippen MR) is 62.5 cm³/mol. The van der Waals surface area contributed by atoms with Gasteiger partial charge in [0.2, 0.25) is 5.56 Å². The lowest BCUT2D eigenvalue weighted by Crippen LogP contribution is -2.32. The summed E-state index contributed by atoms with van der Waals surface area (Å²) < 4.78 is 2.05. The van der Waals surface area contributed by atoms with Gasteiger partial charge < -0.3 is 14.9 Å². The molecule has 0 radical (unpaired) electrons. The number of fused-ring (bicyclic) bond motifs is 1. The largest absolute Gasteiger partial charge is 0.319 e. The van der Waals surface area contributed by atoms with Crippen molar-refractivity contribution in [2.24, 2.45) is 0 Å². The summed E-state index contributed by atoms with van der Waals surface area (Å²) in [6.45, 7) is 3.76. The molecule has 1 aliphatic rings. The summed E-state index contributed by atoms with van der Waals surface area (Å²) in [7, 11) is 0. The van der Waals surface area contributed by atoms with E-state index in [9.17, 15) is 4.79 Å². The van der Waals surface area contributed by atoms with E-state index >= 15 is 0 Å². The van der Waals surface area contributed by atoms with Gasteiger partial charge >= 0.3 is 0 Å². The molecule has 0 amide bonds. The fraction of sp³-hybridized carbons (Fsp3) is 0.364. The van der Waals surface area contributed by atoms with Crippen molar-refractivity contribution in [1.29, 1.82) is 0 Å². The lowest BCUT2D eigenvalue weighted by Gasteiger charge is -2.21. The Bertz CT molecular complexity index is 600. The molecule has 3 heterocycles. The fourth-order valence-corrected chi connectivity index (χ4v) is 2.12. The molecule has 1 aliphatic heterocycles. The number of aromatic nitrogens is 4. The van der Waals surface area contributed by atoms with Crippen molar-refractivity contribution in [1.82, 2.24) is 25.1 Å². The third-order valence-corrected chi connectivity index (χ3v) is 2.96. The number of H-pyrrole nitrogens is 1. The molecule has 2 aromatic rings. The minimum absolute atomic E-state index is 0.123. The van der Waals surface area contributed by atoms with Crippen LogP contribution >= 0.6 is 0 Å². The Hall–Kier alpha value is -1.95. The monoisotopic (exact) mass is 231 g/mol. The second kappa shape index (κ2) is 3.81. The van der Waals surface area contributed by atoms with Crippen LogP contribution in [0.3, 0.4) is 0 Å². The molecular formula is C11H13N5O. The molecule has 0 aliphatic carbocycles. The smallest absolute Gasteiger partial charge is 0.248 e. The molecule has 88 valence electrons. The average Bonchev–Trinajstić information content (AvgIpc) is 2.74. The molecular weight excluding hydrogens is 218 g/mol. The van der Waals surface area contributed by atoms with Crippen LogP contribution in [0.25, 0.3) is 11.5 Å². The van der Waals surface area contributed by atoms with Crippen LogP contribution in [0.2, 0.25) is 0 Å². The number of nitrogens with one attached hydrogen (secondary N) is 2. The van der Waals surface area contributed by atoms with Gasteiger partial charge in [-0.3, -0.25) is 4.79 Å². The minimum Gasteiger partial charge on any atom is -0.319 e. The Morgan fingerprint density at radius 1 is 1.41 bits per heavy atom. The van der Waals surface area contributed by atoms with Crippen LogP contribution in [-0.2, 0) is 6.54 Å². The van der Waals surface area contributed by atoms with Gasteiger partial charge in [-0.1, -0.05) is 6.07 Å². The first kappa shape index (κ1) is 10.2. The van der Waals surface area contributed by atoms with E-state index in [1.54, 1.807) is 6.07 Å². The Balaban J connectivity index is 2.13. The van der Waals surface area contributed by atoms with E-state index in [0.717, 1.165) is 24.7 Å². The zero-order valence-corrected chi connectivity index (χ0v) is 9.47. The summed E-state index contributed by atoms with van der Waals surface area (Å²) in [5.74, 6) is 1.64. The van der Waals surface area contributed by atoms with Gasteiger partial charge in [-0.15, -0.1) is 10.2 Å². The highest BCUT2D eigenvalue weighted by Crippen LogP contribution is 2.20. The summed E-state index contributed by atoms with van der Waals surface area (Å²) in [5.41, 5.74) is 0.590. The zero-order valence-electron chi connectivity index (χ0n) is 9.47. The first-order valence-electron chi connectivity index (χ1n) is 5.62. The summed E-state index contributed by atoms with van der Waals surface area (Å²) in [6.07, 6.45) is 0. The first-order valence-corrected chi connectivity index (χ1v) is 5.62. The van der Waals surface area contributed by atoms with Crippen molar-refractivity contribution in [2.45, 2.75) is 19.5 Å². The van der Waals surface area contributed by atoms with Crippen molar-refractivity contribution in [3.63, 3.8) is 0 Å². The van der Waals surface area contributed by atoms with Crippen LogP contribution in [0.1, 0.15) is 18.8 Å². The Morgan fingerprint density at radius 3 is 3.12 bits per heavy atom. The number of aromatic amines is 1. The third kappa shape index (κ3) is 1.66. The molecule has 2 N–H and O–H groups in total. The third-order valence-electron chi connectivity index (χ3n) is 2.96. The summed E-state index contributed by atoms with van der Waals surface area (Å²) in [4.78, 5) is 14.1. The molecule has 0 bridgehead atoms. The normalized spacial score (nSPS) is 19.0. The Morgan fingerprint density at radius 2 is 2.29 bits per heavy atom. The molecule has 6 heteroatoms. The molecule has 3 rings (SSSR count). The van der Waals surface area contributed by atoms with Gasteiger partial charge in [-0.2, -0.15) is 0 Å². The van der Waals surface area contributed by atoms with E-state index in [4.69, 9.17) is 0 Å². The highest BCUT2D eigenvalue weighted by molar-refractivity contribution is 5.49. The van der Waals surface area contributed by atoms with E-state index in [0.29, 0.717) is 5.69 Å². The van der Waals surface area contributed by atoms with E-state index in [1.165, 1.54) is 6.07 Å². The quantitative estimate of drug-likeness (QED) is 0.740. The van der Waals surface area contributed by atoms with Crippen LogP contribution in [0.5, 0.6) is 0 Å². The van der Waals surface area contributed by atoms with Gasteiger partial charge in [0, 0.05) is 19.2 Å². The number of pyridine rings is 1. The van der Waals surface area contributed by atoms with E-state index in [2.05, 4.69) is 27.4 Å². The van der Waals surface area contributed by atoms with Gasteiger partial charge in [-0.05, 0) is 13.0 Å². The highest BCUT2D eigenvalue weighted by Gasteiger charge is 2.22. The van der Waals surface area contributed by atoms with Crippen LogP contribution in [0.4, 0.5) is 0 Å². The number of hydrogen-bond donors (Lipinski definition) is 2. The lowest BCUT2D eigenvalue weighted by molar-refractivity contribution is 0.438.